The Morgan fingerprint density at radius 3 is 2.67 bits per heavy atom. The molecule has 2 N–H and O–H groups in total. The Morgan fingerprint density at radius 1 is 1.22 bits per heavy atom. The summed E-state index contributed by atoms with van der Waals surface area (Å²) in [7, 11) is 0. The second-order valence-corrected chi connectivity index (χ2v) is 4.36. The Balaban J connectivity index is 2.46. The molecular formula is C12H10N4OS. The molecule has 0 aliphatic rings. The number of nitrogens with one attached hydrogen (secondary N) is 2. The molecule has 0 atom stereocenters. The largest absolute Gasteiger partial charge is 0.335 e. The molecule has 2 heterocycles. The average Bonchev–Trinajstić information content (AvgIpc) is 2.68. The molecule has 2 aromatic heterocycles. The van der Waals surface area contributed by atoms with Crippen molar-refractivity contribution in [3.05, 3.63) is 51.3 Å². The fraction of sp³-hybridized carbons (Fsp3) is 0.0833. The van der Waals surface area contributed by atoms with Crippen molar-refractivity contribution in [3.63, 3.8) is 0 Å². The van der Waals surface area contributed by atoms with Gasteiger partial charge < -0.3 is 4.98 Å². The molecule has 0 amide bonds. The Labute approximate surface area is 107 Å². The van der Waals surface area contributed by atoms with E-state index < -0.39 is 0 Å². The fourth-order valence-corrected chi connectivity index (χ4v) is 2.13. The van der Waals surface area contributed by atoms with Crippen LogP contribution in [0.5, 0.6) is 0 Å². The first-order valence-corrected chi connectivity index (χ1v) is 5.85. The van der Waals surface area contributed by atoms with Gasteiger partial charge in [-0.25, -0.2) is 14.2 Å². The van der Waals surface area contributed by atoms with Gasteiger partial charge in [0.15, 0.2) is 4.77 Å². The van der Waals surface area contributed by atoms with Crippen molar-refractivity contribution in [2.75, 3.05) is 0 Å². The van der Waals surface area contributed by atoms with E-state index in [2.05, 4.69) is 15.0 Å². The molecule has 0 saturated heterocycles. The summed E-state index contributed by atoms with van der Waals surface area (Å²) < 4.78 is 1.80. The second kappa shape index (κ2) is 3.92. The molecule has 3 aromatic rings. The van der Waals surface area contributed by atoms with E-state index in [1.165, 1.54) is 4.40 Å². The maximum atomic E-state index is 12.0. The van der Waals surface area contributed by atoms with Crippen LogP contribution in [0, 0.1) is 11.7 Å². The number of imidazole rings is 1. The topological polar surface area (TPSA) is 66.0 Å². The van der Waals surface area contributed by atoms with Gasteiger partial charge in [-0.3, -0.25) is 4.98 Å². The van der Waals surface area contributed by atoms with Gasteiger partial charge in [-0.15, -0.1) is 0 Å². The lowest BCUT2D eigenvalue weighted by Gasteiger charge is -1.99. The zero-order valence-corrected chi connectivity index (χ0v) is 10.4. The first-order valence-electron chi connectivity index (χ1n) is 5.44. The highest BCUT2D eigenvalue weighted by Gasteiger charge is 2.12. The van der Waals surface area contributed by atoms with E-state index in [1.807, 2.05) is 37.3 Å². The molecule has 90 valence electrons. The third-order valence-electron chi connectivity index (χ3n) is 2.74. The van der Waals surface area contributed by atoms with Gasteiger partial charge in [0.2, 0.25) is 0 Å². The highest BCUT2D eigenvalue weighted by atomic mass is 32.1. The van der Waals surface area contributed by atoms with Crippen LogP contribution in [0.4, 0.5) is 0 Å². The summed E-state index contributed by atoms with van der Waals surface area (Å²) >= 11 is 4.96. The van der Waals surface area contributed by atoms with Crippen LogP contribution in [0.3, 0.4) is 0 Å². The van der Waals surface area contributed by atoms with Crippen LogP contribution >= 0.6 is 12.2 Å². The lowest BCUT2D eigenvalue weighted by atomic mass is 10.2. The Kier molecular flexibility index (Phi) is 2.38. The summed E-state index contributed by atoms with van der Waals surface area (Å²) in [4.78, 5) is 21.9. The number of rotatable bonds is 1. The van der Waals surface area contributed by atoms with Crippen molar-refractivity contribution < 1.29 is 0 Å². The SMILES string of the molecule is Cc1nc(-c2ccccc2)n2c(=O)[nH]c(=S)[nH]c12. The van der Waals surface area contributed by atoms with Crippen molar-refractivity contribution in [1.82, 2.24) is 19.4 Å². The van der Waals surface area contributed by atoms with Crippen molar-refractivity contribution in [1.29, 1.82) is 0 Å². The third-order valence-corrected chi connectivity index (χ3v) is 2.94. The second-order valence-electron chi connectivity index (χ2n) is 3.96. The van der Waals surface area contributed by atoms with Gasteiger partial charge in [0.05, 0.1) is 5.69 Å². The number of nitrogens with zero attached hydrogens (tertiary/aromatic N) is 2. The normalized spacial score (nSPS) is 10.9. The predicted molar refractivity (Wildman–Crippen MR) is 71.2 cm³/mol. The lowest BCUT2D eigenvalue weighted by molar-refractivity contribution is 0.940. The first kappa shape index (κ1) is 10.9. The maximum absolute atomic E-state index is 12.0. The molecule has 1 aromatic carbocycles. The van der Waals surface area contributed by atoms with Crippen LogP contribution in [0.25, 0.3) is 17.0 Å². The molecule has 3 rings (SSSR count). The number of aromatic nitrogens is 4. The molecule has 18 heavy (non-hydrogen) atoms. The molecule has 0 fully saturated rings. The van der Waals surface area contributed by atoms with Crippen LogP contribution in [0.2, 0.25) is 0 Å². The number of benzene rings is 1. The quantitative estimate of drug-likeness (QED) is 0.656. The number of aryl methyl sites for hydroxylation is 1. The van der Waals surface area contributed by atoms with E-state index in [4.69, 9.17) is 12.2 Å². The molecule has 0 aliphatic carbocycles. The van der Waals surface area contributed by atoms with Gasteiger partial charge in [-0.05, 0) is 19.1 Å². The minimum Gasteiger partial charge on any atom is -0.316 e. The van der Waals surface area contributed by atoms with Crippen LogP contribution in [0.1, 0.15) is 5.69 Å². The average molecular weight is 258 g/mol. The highest BCUT2D eigenvalue weighted by Crippen LogP contribution is 2.18. The van der Waals surface area contributed by atoms with Crippen LogP contribution in [-0.4, -0.2) is 19.4 Å². The fourth-order valence-electron chi connectivity index (χ4n) is 1.95. The van der Waals surface area contributed by atoms with Gasteiger partial charge in [0, 0.05) is 5.56 Å². The monoisotopic (exact) mass is 258 g/mol. The molecule has 6 heteroatoms. The van der Waals surface area contributed by atoms with E-state index >= 15 is 0 Å². The van der Waals surface area contributed by atoms with Gasteiger partial charge in [0.1, 0.15) is 11.5 Å². The molecule has 0 aliphatic heterocycles. The number of fused-ring (bicyclic) bond motifs is 1. The number of H-pyrrole nitrogens is 2. The van der Waals surface area contributed by atoms with Crippen molar-refractivity contribution in [3.8, 4) is 11.4 Å². The van der Waals surface area contributed by atoms with Gasteiger partial charge in [0.25, 0.3) is 0 Å². The molecule has 0 spiro atoms. The molecule has 0 saturated carbocycles. The van der Waals surface area contributed by atoms with E-state index in [9.17, 15) is 4.79 Å². The Morgan fingerprint density at radius 2 is 1.94 bits per heavy atom. The summed E-state index contributed by atoms with van der Waals surface area (Å²) in [5.41, 5.74) is 1.97. The highest BCUT2D eigenvalue weighted by molar-refractivity contribution is 7.71. The minimum absolute atomic E-state index is 0.284. The maximum Gasteiger partial charge on any atom is 0.335 e. The Bertz CT molecular complexity index is 829. The molecular weight excluding hydrogens is 248 g/mol. The molecule has 0 radical (unpaired) electrons. The summed E-state index contributed by atoms with van der Waals surface area (Å²) in [6, 6.07) is 9.56. The first-order chi connectivity index (χ1) is 8.66. The van der Waals surface area contributed by atoms with E-state index in [0.29, 0.717) is 16.2 Å². The molecule has 0 bridgehead atoms. The standard InChI is InChI=1S/C12H10N4OS/c1-7-9-14-11(18)15-12(17)16(9)10(13-7)8-5-3-2-4-6-8/h2-6H,1H3,(H2,14,15,17,18). The lowest BCUT2D eigenvalue weighted by Crippen LogP contribution is -2.18. The zero-order valence-electron chi connectivity index (χ0n) is 9.60. The van der Waals surface area contributed by atoms with Crippen LogP contribution < -0.4 is 5.69 Å². The van der Waals surface area contributed by atoms with Crippen molar-refractivity contribution >= 4 is 17.9 Å². The predicted octanol–water partition coefficient (Wildman–Crippen LogP) is 2.06. The van der Waals surface area contributed by atoms with Crippen LogP contribution in [0.15, 0.2) is 35.1 Å². The van der Waals surface area contributed by atoms with Crippen LogP contribution in [-0.2, 0) is 0 Å². The van der Waals surface area contributed by atoms with E-state index in [0.717, 1.165) is 11.3 Å². The van der Waals surface area contributed by atoms with Gasteiger partial charge in [-0.1, -0.05) is 30.3 Å². The van der Waals surface area contributed by atoms with E-state index in [1.54, 1.807) is 0 Å². The van der Waals surface area contributed by atoms with Crippen molar-refractivity contribution in [2.45, 2.75) is 6.92 Å². The minimum atomic E-state index is -0.284. The molecule has 5 nitrogen and oxygen atoms in total. The molecule has 0 unspecified atom stereocenters. The summed E-state index contributed by atoms with van der Waals surface area (Å²) in [5.74, 6) is 0.607. The van der Waals surface area contributed by atoms with E-state index in [-0.39, 0.29) is 5.69 Å². The Hall–Kier alpha value is -2.21. The summed E-state index contributed by atoms with van der Waals surface area (Å²) in [6.07, 6.45) is 0. The third kappa shape index (κ3) is 1.58. The number of aromatic amines is 2. The smallest absolute Gasteiger partial charge is 0.316 e. The summed E-state index contributed by atoms with van der Waals surface area (Å²) in [6.45, 7) is 1.84. The number of hydrogen-bond donors (Lipinski definition) is 2. The summed E-state index contributed by atoms with van der Waals surface area (Å²) in [5, 5.41) is 0. The van der Waals surface area contributed by atoms with Gasteiger partial charge in [-0.2, -0.15) is 0 Å². The van der Waals surface area contributed by atoms with Gasteiger partial charge >= 0.3 is 5.69 Å². The number of hydrogen-bond acceptors (Lipinski definition) is 3. The zero-order chi connectivity index (χ0) is 12.7. The van der Waals surface area contributed by atoms with Crippen molar-refractivity contribution in [2.24, 2.45) is 0 Å².